The molecule has 1 fully saturated rings. The quantitative estimate of drug-likeness (QED) is 0.0376. The summed E-state index contributed by atoms with van der Waals surface area (Å²) in [4.78, 5) is 61.0. The molecule has 2 atom stereocenters. The van der Waals surface area contributed by atoms with Crippen LogP contribution in [0, 0.1) is 5.41 Å². The largest absolute Gasteiger partial charge is 0.478 e. The summed E-state index contributed by atoms with van der Waals surface area (Å²) in [6.45, 7) is 3.02. The number of amidine groups is 1. The first kappa shape index (κ1) is 32.3. The number of carboxylic acid groups (broad SMARTS) is 2. The van der Waals surface area contributed by atoms with Gasteiger partial charge in [-0.1, -0.05) is 5.16 Å². The number of anilines is 1. The summed E-state index contributed by atoms with van der Waals surface area (Å²) in [5, 5.41) is 34.3. The van der Waals surface area contributed by atoms with Gasteiger partial charge in [-0.05, 0) is 19.9 Å². The van der Waals surface area contributed by atoms with Crippen molar-refractivity contribution in [1.29, 1.82) is 5.41 Å². The molecule has 8 N–H and O–H groups in total. The second-order valence-electron chi connectivity index (χ2n) is 11.3. The number of aliphatic carboxylic acids is 2. The molecule has 2 aliphatic heterocycles. The van der Waals surface area contributed by atoms with Crippen LogP contribution in [0.25, 0.3) is 5.65 Å². The van der Waals surface area contributed by atoms with E-state index in [0.717, 1.165) is 21.9 Å². The zero-order valence-electron chi connectivity index (χ0n) is 25.3. The lowest BCUT2D eigenvalue weighted by Crippen LogP contribution is -2.71. The van der Waals surface area contributed by atoms with Gasteiger partial charge in [-0.15, -0.1) is 32.3 Å². The van der Waals surface area contributed by atoms with E-state index in [-0.39, 0.29) is 34.7 Å². The van der Waals surface area contributed by atoms with Crippen molar-refractivity contribution in [3.63, 3.8) is 0 Å². The van der Waals surface area contributed by atoms with E-state index in [1.807, 2.05) is 21.3 Å². The average Bonchev–Trinajstić information content (AvgIpc) is 3.83. The molecule has 6 heterocycles. The minimum atomic E-state index is -1.78. The van der Waals surface area contributed by atoms with Crippen molar-refractivity contribution < 1.29 is 43.3 Å². The zero-order valence-corrected chi connectivity index (χ0v) is 26.9. The molecule has 48 heavy (non-hydrogen) atoms. The molecule has 250 valence electrons. The van der Waals surface area contributed by atoms with Crippen LogP contribution in [0.4, 0.5) is 5.13 Å². The van der Waals surface area contributed by atoms with Crippen molar-refractivity contribution in [2.45, 2.75) is 44.0 Å². The number of carboxylic acids is 2. The highest BCUT2D eigenvalue weighted by Gasteiger charge is 2.55. The first-order chi connectivity index (χ1) is 22.7. The molecule has 18 nitrogen and oxygen atoms in total. The van der Waals surface area contributed by atoms with E-state index in [1.54, 1.807) is 23.1 Å². The third-order valence-electron chi connectivity index (χ3n) is 7.63. The summed E-state index contributed by atoms with van der Waals surface area (Å²) < 4.78 is 11.1. The molecule has 20 heteroatoms. The van der Waals surface area contributed by atoms with Gasteiger partial charge in [-0.25, -0.2) is 14.6 Å². The van der Waals surface area contributed by atoms with Gasteiger partial charge >= 0.3 is 11.9 Å². The van der Waals surface area contributed by atoms with Crippen LogP contribution in [0.15, 0.2) is 63.2 Å². The standard InChI is InChI=1S/C28H28N10O8S2/c1-28(2,26(43)44)46-34-18(16-12-48-27(31)32-16)22(39)33-19-23(40)38-20(25(41)42)14(11-47-24(19)38)8-36-4-3-17-35(5-6-37(17)36)9-15-7-13(10-45-15)21(29)30/h3-7,10,12,19,24H,8-9,11H2,1-2H3,(H7-,29,30,31,32,33,39,41,42,43,44)/p+1/b34-18-/t19-,24-/m1/s1. The predicted octanol–water partition coefficient (Wildman–Crippen LogP) is 0.0151. The number of fused-ring (bicyclic) bond motifs is 2. The van der Waals surface area contributed by atoms with E-state index in [4.69, 9.17) is 26.1 Å². The number of β-lactam (4-membered cyclic amide) rings is 1. The number of aromatic nitrogens is 4. The molecule has 0 aliphatic carbocycles. The van der Waals surface area contributed by atoms with Crippen LogP contribution < -0.4 is 21.5 Å². The SMILES string of the molecule is CC(C)(O/N=C(\C(=O)N[C@@H]1C(=O)N2C(C(=O)O)=C(C[n+]3ccc4n(Cc5cc(C(=N)N)co5)ccn43)CS[C@H]12)c1csc(N)n1)C(=O)O. The lowest BCUT2D eigenvalue weighted by Gasteiger charge is -2.49. The number of amides is 2. The topological polar surface area (TPSA) is 261 Å². The molecule has 0 unspecified atom stereocenters. The Bertz CT molecular complexity index is 2050. The van der Waals surface area contributed by atoms with Crippen LogP contribution in [0.3, 0.4) is 0 Å². The molecule has 2 amide bonds. The highest BCUT2D eigenvalue weighted by Crippen LogP contribution is 2.40. The zero-order chi connectivity index (χ0) is 34.5. The Morgan fingerprint density at radius 3 is 2.73 bits per heavy atom. The van der Waals surface area contributed by atoms with Crippen LogP contribution >= 0.6 is 23.1 Å². The molecule has 1 saturated heterocycles. The first-order valence-corrected chi connectivity index (χ1v) is 16.1. The normalized spacial score (nSPS) is 18.1. The third-order valence-corrected chi connectivity index (χ3v) is 9.64. The molecule has 0 spiro atoms. The number of thioether (sulfide) groups is 1. The monoisotopic (exact) mass is 697 g/mol. The number of hydrogen-bond acceptors (Lipinski definition) is 12. The summed E-state index contributed by atoms with van der Waals surface area (Å²) >= 11 is 2.31. The van der Waals surface area contributed by atoms with Crippen LogP contribution in [0.2, 0.25) is 0 Å². The maximum Gasteiger partial charge on any atom is 0.352 e. The minimum absolute atomic E-state index is 0.0128. The van der Waals surface area contributed by atoms with Crippen molar-refractivity contribution in [3.05, 3.63) is 70.7 Å². The fourth-order valence-corrected chi connectivity index (χ4v) is 6.97. The molecule has 2 aliphatic rings. The maximum absolute atomic E-state index is 13.4. The van der Waals surface area contributed by atoms with Crippen molar-refractivity contribution >= 4 is 69.2 Å². The maximum atomic E-state index is 13.4. The molecule has 4 aromatic rings. The van der Waals surface area contributed by atoms with E-state index >= 15 is 0 Å². The molecule has 0 saturated carbocycles. The molecule has 6 rings (SSSR count). The Balaban J connectivity index is 1.20. The van der Waals surface area contributed by atoms with Gasteiger partial charge in [0.15, 0.2) is 29.2 Å². The van der Waals surface area contributed by atoms with E-state index in [2.05, 4.69) is 15.5 Å². The molecular weight excluding hydrogens is 669 g/mol. The highest BCUT2D eigenvalue weighted by molar-refractivity contribution is 8.00. The Hall–Kier alpha value is -5.63. The predicted molar refractivity (Wildman–Crippen MR) is 170 cm³/mol. The van der Waals surface area contributed by atoms with Gasteiger partial charge in [0, 0.05) is 22.9 Å². The smallest absolute Gasteiger partial charge is 0.352 e. The summed E-state index contributed by atoms with van der Waals surface area (Å²) in [6, 6.07) is 2.44. The average molecular weight is 698 g/mol. The number of carbonyl (C=O) groups excluding carboxylic acids is 2. The summed E-state index contributed by atoms with van der Waals surface area (Å²) in [6.07, 6.45) is 6.84. The van der Waals surface area contributed by atoms with Crippen molar-refractivity contribution in [1.82, 2.24) is 24.3 Å². The molecule has 0 radical (unpaired) electrons. The van der Waals surface area contributed by atoms with Crippen molar-refractivity contribution in [2.75, 3.05) is 11.5 Å². The Labute approximate surface area is 278 Å². The van der Waals surface area contributed by atoms with Gasteiger partial charge in [-0.2, -0.15) is 0 Å². The number of hydrogen-bond donors (Lipinski definition) is 6. The molecular formula is C28H29N10O8S2+. The van der Waals surface area contributed by atoms with Gasteiger partial charge in [0.25, 0.3) is 11.8 Å². The van der Waals surface area contributed by atoms with E-state index in [1.165, 1.54) is 37.3 Å². The van der Waals surface area contributed by atoms with Gasteiger partial charge in [-0.3, -0.25) is 19.9 Å². The molecule has 0 bridgehead atoms. The number of thiazole rings is 1. The number of carbonyl (C=O) groups is 4. The van der Waals surface area contributed by atoms with Gasteiger partial charge in [0.2, 0.25) is 5.60 Å². The van der Waals surface area contributed by atoms with Gasteiger partial charge in [0.1, 0.15) is 40.7 Å². The van der Waals surface area contributed by atoms with Gasteiger partial charge in [0.05, 0.1) is 24.4 Å². The fourth-order valence-electron chi connectivity index (χ4n) is 5.09. The number of furan rings is 1. The van der Waals surface area contributed by atoms with E-state index in [0.29, 0.717) is 23.4 Å². The number of nitrogens with two attached hydrogens (primary N) is 2. The number of rotatable bonds is 12. The van der Waals surface area contributed by atoms with Crippen molar-refractivity contribution in [2.24, 2.45) is 10.9 Å². The number of nitrogens with one attached hydrogen (secondary N) is 2. The first-order valence-electron chi connectivity index (χ1n) is 14.1. The van der Waals surface area contributed by atoms with Crippen LogP contribution in [0.1, 0.15) is 30.9 Å². The Morgan fingerprint density at radius 1 is 1.31 bits per heavy atom. The lowest BCUT2D eigenvalue weighted by atomic mass is 10.0. The third kappa shape index (κ3) is 5.86. The highest BCUT2D eigenvalue weighted by atomic mass is 32.2. The van der Waals surface area contributed by atoms with Gasteiger partial charge < -0.3 is 40.8 Å². The number of nitrogens with zero attached hydrogens (tertiary/aromatic N) is 6. The second kappa shape index (κ2) is 12.2. The summed E-state index contributed by atoms with van der Waals surface area (Å²) in [5.41, 5.74) is 10.7. The number of oxime groups is 1. The summed E-state index contributed by atoms with van der Waals surface area (Å²) in [7, 11) is 0. The Morgan fingerprint density at radius 2 is 2.08 bits per heavy atom. The fraction of sp³-hybridized carbons (Fsp3) is 0.286. The second-order valence-corrected chi connectivity index (χ2v) is 13.3. The Kier molecular flexibility index (Phi) is 8.21. The van der Waals surface area contributed by atoms with Crippen LogP contribution in [-0.4, -0.2) is 87.2 Å². The number of imidazole rings is 1. The van der Waals surface area contributed by atoms with E-state index < -0.39 is 46.5 Å². The van der Waals surface area contributed by atoms with Crippen molar-refractivity contribution in [3.8, 4) is 0 Å². The number of nitrogen functional groups attached to an aromatic ring is 2. The molecule has 0 aromatic carbocycles. The lowest BCUT2D eigenvalue weighted by molar-refractivity contribution is -0.753. The van der Waals surface area contributed by atoms with Crippen LogP contribution in [-0.2, 0) is 37.1 Å². The van der Waals surface area contributed by atoms with E-state index in [9.17, 15) is 29.4 Å². The molecule has 4 aromatic heterocycles. The minimum Gasteiger partial charge on any atom is -0.478 e. The van der Waals surface area contributed by atoms with Crippen LogP contribution in [0.5, 0.6) is 0 Å². The summed E-state index contributed by atoms with van der Waals surface area (Å²) in [5.74, 6) is -3.38.